The first kappa shape index (κ1) is 20.0. The number of nitrogens with one attached hydrogen (secondary N) is 1. The van der Waals surface area contributed by atoms with E-state index in [1.165, 1.54) is 30.9 Å². The van der Waals surface area contributed by atoms with Crippen LogP contribution in [-0.4, -0.2) is 15.3 Å². The minimum Gasteiger partial charge on any atom is -0.300 e. The summed E-state index contributed by atoms with van der Waals surface area (Å²) in [5.41, 5.74) is 1.29. The van der Waals surface area contributed by atoms with Crippen molar-refractivity contribution in [3.05, 3.63) is 44.8 Å². The van der Waals surface area contributed by atoms with Crippen molar-refractivity contribution in [3.8, 4) is 0 Å². The van der Waals surface area contributed by atoms with Crippen LogP contribution < -0.4 is 11.2 Å². The third-order valence-electron chi connectivity index (χ3n) is 9.81. The molecule has 1 aromatic heterocycles. The molecule has 1 aromatic rings. The average Bonchev–Trinajstić information content (AvgIpc) is 3.05. The first-order valence-electron chi connectivity index (χ1n) is 11.8. The Labute approximate surface area is 178 Å². The number of rotatable bonds is 2. The summed E-state index contributed by atoms with van der Waals surface area (Å²) in [5, 5.41) is 0. The van der Waals surface area contributed by atoms with Gasteiger partial charge in [-0.2, -0.15) is 0 Å². The molecule has 1 heterocycles. The number of Topliss-reactive ketones (excluding diaryl/α,β-unsaturated/α-hetero) is 1. The summed E-state index contributed by atoms with van der Waals surface area (Å²) in [6, 6.07) is 1.58. The fourth-order valence-electron chi connectivity index (χ4n) is 8.26. The molecule has 0 amide bonds. The van der Waals surface area contributed by atoms with Gasteiger partial charge in [-0.05, 0) is 86.9 Å². The van der Waals surface area contributed by atoms with Crippen molar-refractivity contribution in [2.75, 3.05) is 0 Å². The fraction of sp³-hybridized carbons (Fsp3) is 0.720. The quantitative estimate of drug-likeness (QED) is 0.741. The zero-order valence-electron chi connectivity index (χ0n) is 18.4. The maximum absolute atomic E-state index is 12.3. The molecule has 5 nitrogen and oxygen atoms in total. The average molecular weight is 411 g/mol. The largest absolute Gasteiger partial charge is 0.328 e. The van der Waals surface area contributed by atoms with Crippen LogP contribution >= 0.6 is 0 Å². The second-order valence-electron chi connectivity index (χ2n) is 11.0. The Morgan fingerprint density at radius 3 is 2.63 bits per heavy atom. The van der Waals surface area contributed by atoms with Crippen LogP contribution in [0.5, 0.6) is 0 Å². The number of carbonyl (C=O) groups excluding carboxylic acids is 1. The van der Waals surface area contributed by atoms with Gasteiger partial charge in [0, 0.05) is 24.2 Å². The summed E-state index contributed by atoms with van der Waals surface area (Å²) < 4.78 is 1.72. The van der Waals surface area contributed by atoms with Gasteiger partial charge in [-0.15, -0.1) is 0 Å². The van der Waals surface area contributed by atoms with Gasteiger partial charge in [-0.3, -0.25) is 19.1 Å². The Morgan fingerprint density at radius 2 is 1.90 bits per heavy atom. The van der Waals surface area contributed by atoms with Gasteiger partial charge >= 0.3 is 5.69 Å². The number of nitrogens with zero attached hydrogens (tertiary/aromatic N) is 1. The second kappa shape index (κ2) is 6.80. The summed E-state index contributed by atoms with van der Waals surface area (Å²) in [6.45, 7) is 6.65. The lowest BCUT2D eigenvalue weighted by atomic mass is 9.47. The standard InChI is InChI=1S/C25H34N2O3/c1-15(28)19-6-7-20-18-5-4-16-14-17(27-13-10-22(29)26-23(27)30)8-11-24(16,2)21(18)9-12-25(19,20)3/h4,10,13,17-21H,5-9,11-12,14H2,1-3H3,(H,26,29,30). The molecule has 0 saturated heterocycles. The Morgan fingerprint density at radius 1 is 1.10 bits per heavy atom. The van der Waals surface area contributed by atoms with E-state index in [0.717, 1.165) is 32.1 Å². The lowest BCUT2D eigenvalue weighted by Crippen LogP contribution is -2.50. The minimum atomic E-state index is -0.331. The Hall–Kier alpha value is -1.91. The number of aromatic nitrogens is 2. The number of aromatic amines is 1. The Kier molecular flexibility index (Phi) is 4.53. The van der Waals surface area contributed by atoms with E-state index < -0.39 is 0 Å². The molecule has 162 valence electrons. The SMILES string of the molecule is CC(=O)C1CCC2C3CC=C4CC(n5ccc(=O)[nH]c5=O)CCC4(C)C3CCC12C. The normalized spacial score (nSPS) is 42.6. The first-order chi connectivity index (χ1) is 14.2. The molecule has 3 saturated carbocycles. The highest BCUT2D eigenvalue weighted by molar-refractivity contribution is 5.79. The number of allylic oxidation sites excluding steroid dienone is 2. The molecule has 0 aliphatic heterocycles. The second-order valence-corrected chi connectivity index (χ2v) is 11.0. The first-order valence-corrected chi connectivity index (χ1v) is 11.8. The number of hydrogen-bond donors (Lipinski definition) is 1. The van der Waals surface area contributed by atoms with Crippen LogP contribution in [0.3, 0.4) is 0 Å². The molecule has 0 aromatic carbocycles. The van der Waals surface area contributed by atoms with Gasteiger partial charge < -0.3 is 0 Å². The summed E-state index contributed by atoms with van der Waals surface area (Å²) in [6.07, 6.45) is 12.9. The van der Waals surface area contributed by atoms with Crippen LogP contribution in [0.15, 0.2) is 33.5 Å². The predicted octanol–water partition coefficient (Wildman–Crippen LogP) is 4.25. The summed E-state index contributed by atoms with van der Waals surface area (Å²) >= 11 is 0. The molecule has 5 rings (SSSR count). The number of hydrogen-bond acceptors (Lipinski definition) is 3. The van der Waals surface area contributed by atoms with Crippen molar-refractivity contribution < 1.29 is 4.79 Å². The van der Waals surface area contributed by atoms with Crippen LogP contribution in [0, 0.1) is 34.5 Å². The lowest BCUT2D eigenvalue weighted by Gasteiger charge is -2.58. The molecular formula is C25H34N2O3. The van der Waals surface area contributed by atoms with E-state index in [-0.39, 0.29) is 34.0 Å². The van der Waals surface area contributed by atoms with Gasteiger partial charge in [0.15, 0.2) is 0 Å². The molecule has 1 N–H and O–H groups in total. The maximum Gasteiger partial charge on any atom is 0.328 e. The molecule has 7 atom stereocenters. The highest BCUT2D eigenvalue weighted by atomic mass is 16.2. The van der Waals surface area contributed by atoms with Crippen molar-refractivity contribution in [2.45, 2.75) is 78.2 Å². The summed E-state index contributed by atoms with van der Waals surface area (Å²) in [7, 11) is 0. The monoisotopic (exact) mass is 410 g/mol. The van der Waals surface area contributed by atoms with Crippen molar-refractivity contribution in [1.82, 2.24) is 9.55 Å². The third-order valence-corrected chi connectivity index (χ3v) is 9.81. The van der Waals surface area contributed by atoms with Gasteiger partial charge in [0.2, 0.25) is 0 Å². The molecule has 7 unspecified atom stereocenters. The summed E-state index contributed by atoms with van der Waals surface area (Å²) in [5.74, 6) is 2.69. The molecule has 5 heteroatoms. The lowest BCUT2D eigenvalue weighted by molar-refractivity contribution is -0.127. The molecular weight excluding hydrogens is 376 g/mol. The molecule has 3 fully saturated rings. The Bertz CT molecular complexity index is 1020. The molecule has 0 spiro atoms. The maximum atomic E-state index is 12.3. The number of fused-ring (bicyclic) bond motifs is 5. The molecule has 0 bridgehead atoms. The zero-order chi connectivity index (χ0) is 21.3. The fourth-order valence-corrected chi connectivity index (χ4v) is 8.26. The zero-order valence-corrected chi connectivity index (χ0v) is 18.4. The molecule has 30 heavy (non-hydrogen) atoms. The third kappa shape index (κ3) is 2.76. The van der Waals surface area contributed by atoms with Crippen molar-refractivity contribution in [1.29, 1.82) is 0 Å². The predicted molar refractivity (Wildman–Crippen MR) is 116 cm³/mol. The Balaban J connectivity index is 1.43. The van der Waals surface area contributed by atoms with Crippen LogP contribution in [-0.2, 0) is 4.79 Å². The van der Waals surface area contributed by atoms with Gasteiger partial charge in [-0.1, -0.05) is 25.5 Å². The summed E-state index contributed by atoms with van der Waals surface area (Å²) in [4.78, 5) is 38.5. The van der Waals surface area contributed by atoms with Crippen molar-refractivity contribution >= 4 is 5.78 Å². The number of ketones is 1. The van der Waals surface area contributed by atoms with E-state index in [4.69, 9.17) is 0 Å². The van der Waals surface area contributed by atoms with Gasteiger partial charge in [0.1, 0.15) is 5.78 Å². The van der Waals surface area contributed by atoms with Crippen LogP contribution in [0.1, 0.15) is 78.2 Å². The topological polar surface area (TPSA) is 71.9 Å². The highest BCUT2D eigenvalue weighted by Gasteiger charge is 2.59. The van der Waals surface area contributed by atoms with Gasteiger partial charge in [-0.25, -0.2) is 4.79 Å². The van der Waals surface area contributed by atoms with E-state index in [0.29, 0.717) is 23.5 Å². The molecule has 4 aliphatic carbocycles. The smallest absolute Gasteiger partial charge is 0.300 e. The minimum absolute atomic E-state index is 0.132. The van der Waals surface area contributed by atoms with E-state index >= 15 is 0 Å². The number of H-pyrrole nitrogens is 1. The van der Waals surface area contributed by atoms with E-state index in [2.05, 4.69) is 24.9 Å². The van der Waals surface area contributed by atoms with E-state index in [1.807, 2.05) is 0 Å². The van der Waals surface area contributed by atoms with E-state index in [1.54, 1.807) is 17.7 Å². The van der Waals surface area contributed by atoms with E-state index in [9.17, 15) is 14.4 Å². The molecule has 0 radical (unpaired) electrons. The van der Waals surface area contributed by atoms with Crippen LogP contribution in [0.25, 0.3) is 0 Å². The van der Waals surface area contributed by atoms with Crippen LogP contribution in [0.2, 0.25) is 0 Å². The van der Waals surface area contributed by atoms with Gasteiger partial charge in [0.25, 0.3) is 5.56 Å². The van der Waals surface area contributed by atoms with Gasteiger partial charge in [0.05, 0.1) is 0 Å². The number of carbonyl (C=O) groups is 1. The van der Waals surface area contributed by atoms with Crippen LogP contribution in [0.4, 0.5) is 0 Å². The van der Waals surface area contributed by atoms with Crippen molar-refractivity contribution in [2.24, 2.45) is 34.5 Å². The van der Waals surface area contributed by atoms with Crippen molar-refractivity contribution in [3.63, 3.8) is 0 Å². The molecule has 4 aliphatic rings. The highest BCUT2D eigenvalue weighted by Crippen LogP contribution is 2.66.